The van der Waals surface area contributed by atoms with Crippen molar-refractivity contribution in [1.82, 2.24) is 0 Å². The Morgan fingerprint density at radius 2 is 1.63 bits per heavy atom. The first-order valence-corrected chi connectivity index (χ1v) is 17.0. The van der Waals surface area contributed by atoms with Gasteiger partial charge >= 0.3 is 5.97 Å². The monoisotopic (exact) mass is 600 g/mol. The predicted molar refractivity (Wildman–Crippen MR) is 163 cm³/mol. The zero-order chi connectivity index (χ0) is 31.5. The molecule has 6 aliphatic rings. The summed E-state index contributed by atoms with van der Waals surface area (Å²) in [5, 5.41) is 30.7. The third kappa shape index (κ3) is 4.33. The van der Waals surface area contributed by atoms with Gasteiger partial charge < -0.3 is 24.8 Å². The van der Waals surface area contributed by atoms with Gasteiger partial charge in [0.1, 0.15) is 6.10 Å². The quantitative estimate of drug-likeness (QED) is 0.326. The van der Waals surface area contributed by atoms with E-state index in [0.29, 0.717) is 12.8 Å². The topological polar surface area (TPSA) is 113 Å². The van der Waals surface area contributed by atoms with Crippen LogP contribution in [0.1, 0.15) is 120 Å². The van der Waals surface area contributed by atoms with Gasteiger partial charge in [0.2, 0.25) is 0 Å². The molecule has 0 aromatic carbocycles. The summed E-state index contributed by atoms with van der Waals surface area (Å²) in [5.41, 5.74) is -0.165. The number of ketones is 1. The number of carboxylic acids is 1. The van der Waals surface area contributed by atoms with E-state index in [-0.39, 0.29) is 63.1 Å². The van der Waals surface area contributed by atoms with Crippen LogP contribution in [0.3, 0.4) is 0 Å². The van der Waals surface area contributed by atoms with Crippen LogP contribution in [0, 0.1) is 50.2 Å². The molecule has 7 nitrogen and oxygen atoms in total. The summed E-state index contributed by atoms with van der Waals surface area (Å²) >= 11 is 0. The number of rotatable bonds is 3. The summed E-state index contributed by atoms with van der Waals surface area (Å²) in [7, 11) is 0. The molecule has 3 N–H and O–H groups in total. The lowest BCUT2D eigenvalue weighted by atomic mass is 9.33. The Labute approximate surface area is 258 Å². The highest BCUT2D eigenvalue weighted by Crippen LogP contribution is 2.75. The average Bonchev–Trinajstić information content (AvgIpc) is 2.91. The summed E-state index contributed by atoms with van der Waals surface area (Å²) in [4.78, 5) is 27.0. The van der Waals surface area contributed by atoms with Crippen molar-refractivity contribution >= 4 is 11.8 Å². The van der Waals surface area contributed by atoms with Crippen LogP contribution in [-0.4, -0.2) is 57.8 Å². The van der Waals surface area contributed by atoms with Crippen LogP contribution < -0.4 is 0 Å². The van der Waals surface area contributed by atoms with Crippen molar-refractivity contribution in [3.63, 3.8) is 0 Å². The molecule has 0 aromatic rings. The molecule has 1 saturated heterocycles. The van der Waals surface area contributed by atoms with Gasteiger partial charge in [-0.1, -0.05) is 47.1 Å². The molecule has 5 fully saturated rings. The lowest BCUT2D eigenvalue weighted by molar-refractivity contribution is -0.290. The second kappa shape index (κ2) is 9.86. The van der Waals surface area contributed by atoms with E-state index in [0.717, 1.165) is 44.9 Å². The van der Waals surface area contributed by atoms with Crippen molar-refractivity contribution in [2.75, 3.05) is 0 Å². The smallest absolute Gasteiger partial charge is 0.309 e. The maximum Gasteiger partial charge on any atom is 0.309 e. The number of hydrogen-bond acceptors (Lipinski definition) is 6. The van der Waals surface area contributed by atoms with E-state index >= 15 is 0 Å². The van der Waals surface area contributed by atoms with E-state index in [9.17, 15) is 24.9 Å². The number of aliphatic hydroxyl groups is 2. The Balaban J connectivity index is 1.32. The molecule has 5 aliphatic carbocycles. The minimum absolute atomic E-state index is 0.0462. The van der Waals surface area contributed by atoms with E-state index in [4.69, 9.17) is 9.47 Å². The Bertz CT molecular complexity index is 1200. The van der Waals surface area contributed by atoms with Crippen molar-refractivity contribution in [3.05, 3.63) is 11.6 Å². The Morgan fingerprint density at radius 3 is 2.28 bits per heavy atom. The Kier molecular flexibility index (Phi) is 7.27. The van der Waals surface area contributed by atoms with Crippen LogP contribution in [0.5, 0.6) is 0 Å². The molecule has 43 heavy (non-hydrogen) atoms. The number of aliphatic hydroxyl groups excluding tert-OH is 2. The molecule has 6 rings (SSSR count). The SMILES string of the molecule is C[C@@H]1O[C@@H](O[C@@H]2CC[C@@]3(C)[C@H](CC[C@]4(C)[C@@H]3C(=O)C=C3[C@H]5C[C@@](C)(C(=O)O)CC[C@]5(C)CC[C@]34C)C2(C)C)C[C@@H](O)[C@H]1O. The van der Waals surface area contributed by atoms with Gasteiger partial charge in [0, 0.05) is 12.3 Å². The summed E-state index contributed by atoms with van der Waals surface area (Å²) in [6.07, 6.45) is 7.45. The fourth-order valence-corrected chi connectivity index (χ4v) is 11.9. The normalized spacial score (nSPS) is 54.4. The molecule has 0 aromatic heterocycles. The molecule has 4 saturated carbocycles. The van der Waals surface area contributed by atoms with Gasteiger partial charge in [-0.3, -0.25) is 9.59 Å². The third-order valence-electron chi connectivity index (χ3n) is 15.0. The number of aliphatic carboxylic acids is 1. The largest absolute Gasteiger partial charge is 0.481 e. The van der Waals surface area contributed by atoms with Crippen LogP contribution in [-0.2, 0) is 19.1 Å². The molecule has 0 unspecified atom stereocenters. The summed E-state index contributed by atoms with van der Waals surface area (Å²) in [6, 6.07) is 0. The maximum absolute atomic E-state index is 14.6. The van der Waals surface area contributed by atoms with Crippen molar-refractivity contribution < 1.29 is 34.4 Å². The zero-order valence-corrected chi connectivity index (χ0v) is 27.7. The highest BCUT2D eigenvalue weighted by Gasteiger charge is 2.70. The lowest BCUT2D eigenvalue weighted by Gasteiger charge is -2.70. The molecular weight excluding hydrogens is 544 g/mol. The number of carbonyl (C=O) groups is 2. The first-order valence-electron chi connectivity index (χ1n) is 17.0. The number of carboxylic acid groups (broad SMARTS) is 1. The highest BCUT2D eigenvalue weighted by atomic mass is 16.7. The maximum atomic E-state index is 14.6. The summed E-state index contributed by atoms with van der Waals surface area (Å²) in [6.45, 7) is 17.8. The first-order chi connectivity index (χ1) is 19.8. The highest BCUT2D eigenvalue weighted by molar-refractivity contribution is 5.95. The van der Waals surface area contributed by atoms with Crippen molar-refractivity contribution in [1.29, 1.82) is 0 Å². The van der Waals surface area contributed by atoms with E-state index in [1.54, 1.807) is 6.92 Å². The first kappa shape index (κ1) is 31.7. The van der Waals surface area contributed by atoms with Crippen LogP contribution in [0.15, 0.2) is 11.6 Å². The van der Waals surface area contributed by atoms with Gasteiger partial charge in [0.25, 0.3) is 0 Å². The van der Waals surface area contributed by atoms with Crippen LogP contribution in [0.25, 0.3) is 0 Å². The third-order valence-corrected chi connectivity index (χ3v) is 15.0. The molecule has 242 valence electrons. The van der Waals surface area contributed by atoms with Crippen LogP contribution in [0.2, 0.25) is 0 Å². The van der Waals surface area contributed by atoms with Crippen molar-refractivity contribution in [2.45, 2.75) is 150 Å². The molecule has 0 bridgehead atoms. The number of ether oxygens (including phenoxy) is 2. The fourth-order valence-electron chi connectivity index (χ4n) is 11.9. The fraction of sp³-hybridized carbons (Fsp3) is 0.889. The van der Waals surface area contributed by atoms with Gasteiger partial charge in [0.05, 0.1) is 23.7 Å². The van der Waals surface area contributed by atoms with E-state index < -0.39 is 36.0 Å². The summed E-state index contributed by atoms with van der Waals surface area (Å²) in [5.74, 6) is -0.128. The lowest BCUT2D eigenvalue weighted by Crippen LogP contribution is -2.67. The Hall–Kier alpha value is -1.28. The number of carbonyl (C=O) groups excluding carboxylic acids is 1. The molecule has 0 spiro atoms. The van der Waals surface area contributed by atoms with Crippen molar-refractivity contribution in [2.24, 2.45) is 50.2 Å². The minimum atomic E-state index is -0.903. The molecule has 7 heteroatoms. The Morgan fingerprint density at radius 1 is 0.953 bits per heavy atom. The molecule has 0 amide bonds. The standard InChI is InChI=1S/C36H56O7/c1-20-28(39)23(37)18-27(42-20)43-26-10-11-34(6)25(31(26,2)3)9-12-36(8)29(34)24(38)17-21-22-19-33(5,30(40)41)14-13-32(22,4)15-16-35(21,36)7/h17,20,22-23,25-29,37,39H,9-16,18-19H2,1-8H3,(H,40,41)/t20-,22+,23+,25+,26+,27-,28-,29+,32+,33-,34-,35+,36+/m0/s1. The predicted octanol–water partition coefficient (Wildman–Crippen LogP) is 6.29. The van der Waals surface area contributed by atoms with Gasteiger partial charge in [-0.15, -0.1) is 0 Å². The minimum Gasteiger partial charge on any atom is -0.481 e. The zero-order valence-electron chi connectivity index (χ0n) is 27.7. The van der Waals surface area contributed by atoms with Crippen LogP contribution >= 0.6 is 0 Å². The van der Waals surface area contributed by atoms with E-state index in [1.807, 2.05) is 13.0 Å². The molecule has 1 aliphatic heterocycles. The molecule has 13 atom stereocenters. The molecule has 1 heterocycles. The van der Waals surface area contributed by atoms with E-state index in [1.165, 1.54) is 5.57 Å². The van der Waals surface area contributed by atoms with Gasteiger partial charge in [-0.25, -0.2) is 0 Å². The second-order valence-corrected chi connectivity index (χ2v) is 17.6. The van der Waals surface area contributed by atoms with Crippen LogP contribution in [0.4, 0.5) is 0 Å². The van der Waals surface area contributed by atoms with E-state index in [2.05, 4.69) is 41.5 Å². The van der Waals surface area contributed by atoms with Gasteiger partial charge in [-0.2, -0.15) is 0 Å². The number of fused-ring (bicyclic) bond motifs is 7. The second-order valence-electron chi connectivity index (χ2n) is 17.6. The molecule has 0 radical (unpaired) electrons. The summed E-state index contributed by atoms with van der Waals surface area (Å²) < 4.78 is 12.6. The number of hydrogen-bond donors (Lipinski definition) is 3. The van der Waals surface area contributed by atoms with Gasteiger partial charge in [-0.05, 0) is 117 Å². The van der Waals surface area contributed by atoms with Crippen molar-refractivity contribution in [3.8, 4) is 0 Å². The average molecular weight is 601 g/mol. The number of allylic oxidation sites excluding steroid dienone is 2. The molecular formula is C36H56O7. The van der Waals surface area contributed by atoms with Gasteiger partial charge in [0.15, 0.2) is 12.1 Å².